The number of aliphatic hydroxyl groups is 1. The van der Waals surface area contributed by atoms with Crippen molar-refractivity contribution in [3.05, 3.63) is 44.5 Å². The second-order valence-corrected chi connectivity index (χ2v) is 4.41. The van der Waals surface area contributed by atoms with E-state index in [-0.39, 0.29) is 11.9 Å². The molecular formula is C12H7ClF2N2O4. The van der Waals surface area contributed by atoms with Crippen LogP contribution in [-0.2, 0) is 4.79 Å². The number of carbonyl (C=O) groups excluding carboxylic acids is 1. The summed E-state index contributed by atoms with van der Waals surface area (Å²) >= 11 is 5.56. The number of alkyl halides is 2. The molecule has 1 aromatic carbocycles. The van der Waals surface area contributed by atoms with Crippen molar-refractivity contribution in [3.63, 3.8) is 0 Å². The Hall–Kier alpha value is -2.53. The number of Topliss-reactive ketones (excluding diaryl/α,β-unsaturated/α-hetero) is 1. The number of hydrogen-bond acceptors (Lipinski definition) is 5. The Morgan fingerprint density at radius 2 is 2.10 bits per heavy atom. The molecule has 0 bridgehead atoms. The molecule has 0 unspecified atom stereocenters. The zero-order valence-electron chi connectivity index (χ0n) is 10.4. The molecule has 1 aromatic rings. The average Bonchev–Trinajstić information content (AvgIpc) is 2.37. The molecule has 6 nitrogen and oxygen atoms in total. The Morgan fingerprint density at radius 3 is 2.52 bits per heavy atom. The van der Waals surface area contributed by atoms with Crippen molar-refractivity contribution in [2.24, 2.45) is 0 Å². The van der Waals surface area contributed by atoms with Gasteiger partial charge in [-0.3, -0.25) is 14.9 Å². The first-order chi connectivity index (χ1) is 9.59. The number of nitro groups is 1. The van der Waals surface area contributed by atoms with Crippen molar-refractivity contribution in [1.82, 2.24) is 0 Å². The summed E-state index contributed by atoms with van der Waals surface area (Å²) in [6.45, 7) is 0.246. The predicted molar refractivity (Wildman–Crippen MR) is 68.9 cm³/mol. The summed E-state index contributed by atoms with van der Waals surface area (Å²) in [5.41, 5.74) is -2.55. The van der Waals surface area contributed by atoms with Gasteiger partial charge in [-0.25, -0.2) is 0 Å². The predicted octanol–water partition coefficient (Wildman–Crippen LogP) is 3.27. The van der Waals surface area contributed by atoms with Gasteiger partial charge in [-0.05, 0) is 12.1 Å². The van der Waals surface area contributed by atoms with Crippen LogP contribution < -0.4 is 0 Å². The summed E-state index contributed by atoms with van der Waals surface area (Å²) in [6.07, 6.45) is 0. The maximum Gasteiger partial charge on any atom is 0.307 e. The third-order valence-corrected chi connectivity index (χ3v) is 2.62. The average molecular weight is 317 g/mol. The van der Waals surface area contributed by atoms with Gasteiger partial charge in [-0.15, -0.1) is 0 Å². The van der Waals surface area contributed by atoms with Crippen molar-refractivity contribution in [2.45, 2.75) is 12.8 Å². The minimum absolute atomic E-state index is 0.0381. The highest BCUT2D eigenvalue weighted by Crippen LogP contribution is 2.31. The van der Waals surface area contributed by atoms with Crippen LogP contribution in [0.3, 0.4) is 0 Å². The highest BCUT2D eigenvalue weighted by Gasteiger charge is 2.38. The second-order valence-electron chi connectivity index (χ2n) is 3.97. The van der Waals surface area contributed by atoms with Gasteiger partial charge in [0.25, 0.3) is 5.69 Å². The molecule has 0 aromatic heterocycles. The molecule has 0 radical (unpaired) electrons. The van der Waals surface area contributed by atoms with Crippen LogP contribution in [0.5, 0.6) is 0 Å². The molecule has 0 amide bonds. The number of halogens is 3. The molecule has 0 fully saturated rings. The molecule has 0 atom stereocenters. The Kier molecular flexibility index (Phi) is 4.60. The minimum atomic E-state index is -3.90. The SMILES string of the molecule is CC(F)(F)C(=O)/C(C#N)=C(\O)c1ccc(Cl)cc1[N+](=O)[O-]. The molecule has 110 valence electrons. The fourth-order valence-electron chi connectivity index (χ4n) is 1.42. The quantitative estimate of drug-likeness (QED) is 0.302. The van der Waals surface area contributed by atoms with E-state index in [1.54, 1.807) is 0 Å². The number of nitrogens with zero attached hydrogens (tertiary/aromatic N) is 2. The second kappa shape index (κ2) is 5.85. The molecule has 9 heteroatoms. The fraction of sp³-hybridized carbons (Fsp3) is 0.167. The van der Waals surface area contributed by atoms with Crippen LogP contribution in [0.1, 0.15) is 12.5 Å². The highest BCUT2D eigenvalue weighted by molar-refractivity contribution is 6.30. The van der Waals surface area contributed by atoms with Crippen LogP contribution in [0.2, 0.25) is 5.02 Å². The normalized spacial score (nSPS) is 12.3. The summed E-state index contributed by atoms with van der Waals surface area (Å²) in [6, 6.07) is 4.08. The van der Waals surface area contributed by atoms with Gasteiger partial charge in [0, 0.05) is 18.0 Å². The summed E-state index contributed by atoms with van der Waals surface area (Å²) in [4.78, 5) is 21.3. The molecule has 1 N–H and O–H groups in total. The Labute approximate surface area is 122 Å². The largest absolute Gasteiger partial charge is 0.506 e. The lowest BCUT2D eigenvalue weighted by atomic mass is 10.0. The van der Waals surface area contributed by atoms with Gasteiger partial charge < -0.3 is 5.11 Å². The van der Waals surface area contributed by atoms with E-state index in [4.69, 9.17) is 16.9 Å². The van der Waals surface area contributed by atoms with Crippen LogP contribution in [-0.4, -0.2) is 21.7 Å². The molecule has 1 rings (SSSR count). The zero-order chi connectivity index (χ0) is 16.4. The van der Waals surface area contributed by atoms with Crippen molar-refractivity contribution < 1.29 is 23.6 Å². The Morgan fingerprint density at radius 1 is 1.52 bits per heavy atom. The number of nitro benzene ring substituents is 1. The Balaban J connectivity index is 3.58. The molecule has 21 heavy (non-hydrogen) atoms. The molecule has 0 aliphatic heterocycles. The number of hydrogen-bond donors (Lipinski definition) is 1. The van der Waals surface area contributed by atoms with Gasteiger partial charge >= 0.3 is 5.92 Å². The fourth-order valence-corrected chi connectivity index (χ4v) is 1.59. The number of aliphatic hydroxyl groups excluding tert-OH is 1. The van der Waals surface area contributed by atoms with Gasteiger partial charge in [-0.1, -0.05) is 11.6 Å². The van der Waals surface area contributed by atoms with E-state index in [0.717, 1.165) is 24.3 Å². The maximum absolute atomic E-state index is 13.0. The third kappa shape index (κ3) is 3.52. The van der Waals surface area contributed by atoms with Gasteiger partial charge in [0.1, 0.15) is 11.6 Å². The molecule has 0 aliphatic carbocycles. The van der Waals surface area contributed by atoms with E-state index in [9.17, 15) is 28.8 Å². The van der Waals surface area contributed by atoms with E-state index in [1.807, 2.05) is 0 Å². The van der Waals surface area contributed by atoms with E-state index in [0.29, 0.717) is 0 Å². The Bertz CT molecular complexity index is 689. The monoisotopic (exact) mass is 316 g/mol. The number of carbonyl (C=O) groups is 1. The summed E-state index contributed by atoms with van der Waals surface area (Å²) < 4.78 is 25.9. The molecule has 0 saturated heterocycles. The van der Waals surface area contributed by atoms with Crippen LogP contribution in [0.4, 0.5) is 14.5 Å². The van der Waals surface area contributed by atoms with Gasteiger partial charge in [0.2, 0.25) is 5.78 Å². The minimum Gasteiger partial charge on any atom is -0.506 e. The van der Waals surface area contributed by atoms with Crippen LogP contribution in [0.25, 0.3) is 5.76 Å². The number of ketones is 1. The first-order valence-corrected chi connectivity index (χ1v) is 5.67. The van der Waals surface area contributed by atoms with Crippen LogP contribution in [0.15, 0.2) is 23.8 Å². The first-order valence-electron chi connectivity index (χ1n) is 5.30. The zero-order valence-corrected chi connectivity index (χ0v) is 11.2. The van der Waals surface area contributed by atoms with E-state index < -0.39 is 39.2 Å². The van der Waals surface area contributed by atoms with Gasteiger partial charge in [-0.2, -0.15) is 14.0 Å². The molecule has 0 spiro atoms. The summed E-state index contributed by atoms with van der Waals surface area (Å²) in [7, 11) is 0. The lowest BCUT2D eigenvalue weighted by Crippen LogP contribution is -2.26. The van der Waals surface area contributed by atoms with Crippen molar-refractivity contribution >= 4 is 28.8 Å². The standard InChI is InChI=1S/C12H7ClF2N2O4/c1-12(14,15)11(19)8(5-16)10(18)7-3-2-6(13)4-9(7)17(20)21/h2-4,18H,1H3/b10-8-. The van der Waals surface area contributed by atoms with E-state index >= 15 is 0 Å². The maximum atomic E-state index is 13.0. The van der Waals surface area contributed by atoms with Crippen molar-refractivity contribution in [1.29, 1.82) is 5.26 Å². The number of allylic oxidation sites excluding steroid dienone is 1. The third-order valence-electron chi connectivity index (χ3n) is 2.39. The first kappa shape index (κ1) is 16.5. The highest BCUT2D eigenvalue weighted by atomic mass is 35.5. The molecular weight excluding hydrogens is 310 g/mol. The van der Waals surface area contributed by atoms with Crippen molar-refractivity contribution in [3.8, 4) is 6.07 Å². The van der Waals surface area contributed by atoms with Crippen molar-refractivity contribution in [2.75, 3.05) is 0 Å². The smallest absolute Gasteiger partial charge is 0.307 e. The van der Waals surface area contributed by atoms with Gasteiger partial charge in [0.05, 0.1) is 10.5 Å². The summed E-state index contributed by atoms with van der Waals surface area (Å²) in [5, 5.41) is 29.4. The summed E-state index contributed by atoms with van der Waals surface area (Å²) in [5.74, 6) is -7.04. The number of rotatable bonds is 4. The molecule has 0 saturated carbocycles. The topological polar surface area (TPSA) is 104 Å². The molecule has 0 aliphatic rings. The number of benzene rings is 1. The van der Waals surface area contributed by atoms with Crippen LogP contribution >= 0.6 is 11.6 Å². The van der Waals surface area contributed by atoms with Gasteiger partial charge in [0.15, 0.2) is 5.76 Å². The van der Waals surface area contributed by atoms with E-state index in [1.165, 1.54) is 0 Å². The number of nitriles is 1. The lowest BCUT2D eigenvalue weighted by molar-refractivity contribution is -0.385. The van der Waals surface area contributed by atoms with E-state index in [2.05, 4.69) is 0 Å². The molecule has 0 heterocycles. The lowest BCUT2D eigenvalue weighted by Gasteiger charge is -2.09. The van der Waals surface area contributed by atoms with Crippen LogP contribution in [0, 0.1) is 21.4 Å².